The average molecular weight is 255 g/mol. The first-order valence-electron chi connectivity index (χ1n) is 5.12. The largest absolute Gasteiger partial charge is 0.351 e. The third-order valence-corrected chi connectivity index (χ3v) is 2.29. The zero-order valence-electron chi connectivity index (χ0n) is 9.51. The minimum atomic E-state index is -0.00860. The van der Waals surface area contributed by atoms with Crippen molar-refractivity contribution in [2.24, 2.45) is 0 Å². The number of nitrogens with one attached hydrogen (secondary N) is 2. The minimum absolute atomic E-state index is 0. The Morgan fingerprint density at radius 2 is 2.29 bits per heavy atom. The van der Waals surface area contributed by atoms with E-state index in [4.69, 9.17) is 0 Å². The summed E-state index contributed by atoms with van der Waals surface area (Å²) < 4.78 is 1.93. The van der Waals surface area contributed by atoms with Gasteiger partial charge in [-0.15, -0.1) is 12.4 Å². The van der Waals surface area contributed by atoms with Crippen LogP contribution in [0.25, 0.3) is 5.65 Å². The van der Waals surface area contributed by atoms with Crippen molar-refractivity contribution in [3.63, 3.8) is 0 Å². The molecule has 0 aliphatic rings. The highest BCUT2D eigenvalue weighted by atomic mass is 35.5. The molecule has 2 heterocycles. The van der Waals surface area contributed by atoms with Crippen molar-refractivity contribution in [2.45, 2.75) is 6.54 Å². The van der Waals surface area contributed by atoms with E-state index in [0.717, 1.165) is 11.2 Å². The molecule has 6 heteroatoms. The molecule has 0 atom stereocenters. The molecular formula is C11H15ClN4O. The van der Waals surface area contributed by atoms with E-state index < -0.39 is 0 Å². The van der Waals surface area contributed by atoms with Gasteiger partial charge in [0.05, 0.1) is 6.54 Å². The lowest BCUT2D eigenvalue weighted by Gasteiger charge is -2.05. The zero-order valence-corrected chi connectivity index (χ0v) is 10.3. The van der Waals surface area contributed by atoms with Crippen LogP contribution >= 0.6 is 12.4 Å². The quantitative estimate of drug-likeness (QED) is 0.840. The fraction of sp³-hybridized carbons (Fsp3) is 0.273. The van der Waals surface area contributed by atoms with Crippen LogP contribution in [0.1, 0.15) is 5.56 Å². The van der Waals surface area contributed by atoms with Crippen LogP contribution in [-0.2, 0) is 11.3 Å². The zero-order chi connectivity index (χ0) is 11.4. The van der Waals surface area contributed by atoms with Crippen LogP contribution in [0.4, 0.5) is 0 Å². The Morgan fingerprint density at radius 3 is 3.06 bits per heavy atom. The molecule has 0 unspecified atom stereocenters. The van der Waals surface area contributed by atoms with Gasteiger partial charge in [-0.25, -0.2) is 4.98 Å². The number of amides is 1. The molecule has 2 aromatic rings. The summed E-state index contributed by atoms with van der Waals surface area (Å²) in [5.41, 5.74) is 1.93. The highest BCUT2D eigenvalue weighted by molar-refractivity contribution is 5.85. The highest BCUT2D eigenvalue weighted by Gasteiger charge is 2.00. The maximum Gasteiger partial charge on any atom is 0.234 e. The summed E-state index contributed by atoms with van der Waals surface area (Å²) in [6.45, 7) is 0.871. The van der Waals surface area contributed by atoms with Gasteiger partial charge >= 0.3 is 0 Å². The molecule has 0 aromatic carbocycles. The van der Waals surface area contributed by atoms with Gasteiger partial charge in [-0.05, 0) is 24.7 Å². The molecule has 1 amide bonds. The minimum Gasteiger partial charge on any atom is -0.351 e. The number of rotatable bonds is 4. The van der Waals surface area contributed by atoms with E-state index in [-0.39, 0.29) is 18.3 Å². The maximum absolute atomic E-state index is 11.2. The lowest BCUT2D eigenvalue weighted by molar-refractivity contribution is -0.120. The van der Waals surface area contributed by atoms with Gasteiger partial charge in [0.15, 0.2) is 0 Å². The normalized spacial score (nSPS) is 9.94. The Bertz CT molecular complexity index is 497. The van der Waals surface area contributed by atoms with Gasteiger partial charge in [-0.2, -0.15) is 0 Å². The van der Waals surface area contributed by atoms with Gasteiger partial charge in [-0.1, -0.05) is 0 Å². The third-order valence-electron chi connectivity index (χ3n) is 2.29. The number of hydrogen-bond acceptors (Lipinski definition) is 3. The van der Waals surface area contributed by atoms with Gasteiger partial charge < -0.3 is 15.0 Å². The van der Waals surface area contributed by atoms with Crippen LogP contribution in [0.5, 0.6) is 0 Å². The molecular weight excluding hydrogens is 240 g/mol. The molecule has 5 nitrogen and oxygen atoms in total. The van der Waals surface area contributed by atoms with Crippen molar-refractivity contribution in [2.75, 3.05) is 13.6 Å². The van der Waals surface area contributed by atoms with Gasteiger partial charge in [0.25, 0.3) is 0 Å². The number of likely N-dealkylation sites (N-methyl/N-ethyl adjacent to an activating group) is 1. The van der Waals surface area contributed by atoms with Crippen molar-refractivity contribution in [3.8, 4) is 0 Å². The second-order valence-electron chi connectivity index (χ2n) is 3.53. The predicted molar refractivity (Wildman–Crippen MR) is 68.2 cm³/mol. The van der Waals surface area contributed by atoms with Crippen molar-refractivity contribution in [1.82, 2.24) is 20.0 Å². The van der Waals surface area contributed by atoms with E-state index in [9.17, 15) is 4.79 Å². The number of halogens is 1. The highest BCUT2D eigenvalue weighted by Crippen LogP contribution is 2.04. The summed E-state index contributed by atoms with van der Waals surface area (Å²) in [6.07, 6.45) is 5.57. The number of carbonyl (C=O) groups excluding carboxylic acids is 1. The van der Waals surface area contributed by atoms with Gasteiger partial charge in [0, 0.05) is 25.1 Å². The van der Waals surface area contributed by atoms with Crippen LogP contribution in [0.3, 0.4) is 0 Å². The molecule has 2 rings (SSSR count). The van der Waals surface area contributed by atoms with E-state index in [1.54, 1.807) is 13.2 Å². The Morgan fingerprint density at radius 1 is 1.47 bits per heavy atom. The molecule has 0 bridgehead atoms. The van der Waals surface area contributed by atoms with Crippen molar-refractivity contribution < 1.29 is 4.79 Å². The molecule has 2 aromatic heterocycles. The van der Waals surface area contributed by atoms with Crippen LogP contribution < -0.4 is 10.6 Å². The molecule has 0 aliphatic heterocycles. The number of nitrogens with zero attached hydrogens (tertiary/aromatic N) is 2. The van der Waals surface area contributed by atoms with Gasteiger partial charge in [-0.3, -0.25) is 4.79 Å². The predicted octanol–water partition coefficient (Wildman–Crippen LogP) is 0.592. The summed E-state index contributed by atoms with van der Waals surface area (Å²) in [5.74, 6) is -0.00860. The Kier molecular flexibility index (Phi) is 4.93. The molecule has 0 spiro atoms. The summed E-state index contributed by atoms with van der Waals surface area (Å²) in [6, 6.07) is 3.92. The molecule has 92 valence electrons. The first-order valence-corrected chi connectivity index (χ1v) is 5.12. The van der Waals surface area contributed by atoms with Crippen LogP contribution in [0.15, 0.2) is 30.7 Å². The van der Waals surface area contributed by atoms with E-state index in [1.807, 2.05) is 28.9 Å². The average Bonchev–Trinajstić information content (AvgIpc) is 2.74. The monoisotopic (exact) mass is 254 g/mol. The third kappa shape index (κ3) is 3.44. The molecule has 0 saturated heterocycles. The standard InChI is InChI=1S/C11H14N4O.ClH/c1-12-8-11(16)14-7-9-2-4-15-5-3-13-10(15)6-9;/h2-6,12H,7-8H2,1H3,(H,14,16);1H. The lowest BCUT2D eigenvalue weighted by atomic mass is 10.2. The van der Waals surface area contributed by atoms with Crippen LogP contribution in [-0.4, -0.2) is 28.9 Å². The summed E-state index contributed by atoms with van der Waals surface area (Å²) in [5, 5.41) is 5.62. The Labute approximate surface area is 106 Å². The number of imidazole rings is 1. The topological polar surface area (TPSA) is 58.4 Å². The smallest absolute Gasteiger partial charge is 0.234 e. The van der Waals surface area contributed by atoms with E-state index in [0.29, 0.717) is 13.1 Å². The first kappa shape index (κ1) is 13.5. The molecule has 0 aliphatic carbocycles. The second kappa shape index (κ2) is 6.22. The SMILES string of the molecule is CNCC(=O)NCc1ccn2ccnc2c1.Cl. The van der Waals surface area contributed by atoms with Crippen molar-refractivity contribution in [3.05, 3.63) is 36.3 Å². The van der Waals surface area contributed by atoms with Crippen LogP contribution in [0, 0.1) is 0 Å². The first-order chi connectivity index (χ1) is 7.79. The van der Waals surface area contributed by atoms with Gasteiger partial charge in [0.1, 0.15) is 5.65 Å². The summed E-state index contributed by atoms with van der Waals surface area (Å²) in [7, 11) is 1.75. The molecule has 0 radical (unpaired) electrons. The number of fused-ring (bicyclic) bond motifs is 1. The van der Waals surface area contributed by atoms with E-state index >= 15 is 0 Å². The van der Waals surface area contributed by atoms with Crippen molar-refractivity contribution in [1.29, 1.82) is 0 Å². The molecule has 0 saturated carbocycles. The number of pyridine rings is 1. The number of hydrogen-bond donors (Lipinski definition) is 2. The van der Waals surface area contributed by atoms with Crippen molar-refractivity contribution >= 4 is 24.0 Å². The summed E-state index contributed by atoms with van der Waals surface area (Å²) in [4.78, 5) is 15.4. The number of aromatic nitrogens is 2. The second-order valence-corrected chi connectivity index (χ2v) is 3.53. The lowest BCUT2D eigenvalue weighted by Crippen LogP contribution is -2.31. The Balaban J connectivity index is 0.00000144. The fourth-order valence-electron chi connectivity index (χ4n) is 1.49. The van der Waals surface area contributed by atoms with E-state index in [1.165, 1.54) is 0 Å². The molecule has 17 heavy (non-hydrogen) atoms. The maximum atomic E-state index is 11.2. The van der Waals surface area contributed by atoms with Gasteiger partial charge in [0.2, 0.25) is 5.91 Å². The van der Waals surface area contributed by atoms with Crippen LogP contribution in [0.2, 0.25) is 0 Å². The summed E-state index contributed by atoms with van der Waals surface area (Å²) >= 11 is 0. The molecule has 2 N–H and O–H groups in total. The number of carbonyl (C=O) groups is 1. The Hall–Kier alpha value is -1.59. The fourth-order valence-corrected chi connectivity index (χ4v) is 1.49. The molecule has 0 fully saturated rings. The van der Waals surface area contributed by atoms with E-state index in [2.05, 4.69) is 15.6 Å².